The van der Waals surface area contributed by atoms with Crippen LogP contribution in [0.1, 0.15) is 136 Å². The fourth-order valence-corrected chi connectivity index (χ4v) is 8.49. The number of phenols is 1. The SMILES string of the molecule is CC(C)(C)c1cc(-c2cccc(-c3cc(C(C)(C)C)cc(C(C)(C)C)c3)c2O)cc(C(C)(C)C)c1.CC(C)([CH]=[Mo]=[N]c1c(F)c(F)c(F)c(F)c1F)c1ccccc1.Cc1ccc(C)[n-]1. The molecule has 0 aliphatic heterocycles. The van der Waals surface area contributed by atoms with Crippen LogP contribution in [0.25, 0.3) is 22.3 Å². The van der Waals surface area contributed by atoms with E-state index in [1.807, 2.05) is 82.3 Å². The van der Waals surface area contributed by atoms with Gasteiger partial charge in [0.1, 0.15) is 5.75 Å². The Morgan fingerprint density at radius 2 is 0.815 bits per heavy atom. The molecule has 1 N–H and O–H groups in total. The number of halogens is 5. The van der Waals surface area contributed by atoms with Gasteiger partial charge in [0.2, 0.25) is 0 Å². The number of rotatable bonds is 5. The second kappa shape index (κ2) is 20.4. The number of aromatic nitrogens is 1. The van der Waals surface area contributed by atoms with Crippen LogP contribution < -0.4 is 4.98 Å². The second-order valence-electron chi connectivity index (χ2n) is 21.3. The van der Waals surface area contributed by atoms with Gasteiger partial charge in [0.05, 0.1) is 0 Å². The summed E-state index contributed by atoms with van der Waals surface area (Å²) in [6.45, 7) is 34.8. The van der Waals surface area contributed by atoms with E-state index >= 15 is 0 Å². The predicted octanol–water partition coefficient (Wildman–Crippen LogP) is 16.2. The van der Waals surface area contributed by atoms with E-state index < -0.39 is 58.1 Å². The maximum absolute atomic E-state index is 13.5. The Bertz CT molecular complexity index is 2480. The number of aryl methyl sites for hydroxylation is 2. The number of hydrogen-bond donors (Lipinski definition) is 1. The summed E-state index contributed by atoms with van der Waals surface area (Å²) in [6.07, 6.45) is 0. The van der Waals surface area contributed by atoms with Gasteiger partial charge >= 0.3 is 138 Å². The van der Waals surface area contributed by atoms with Gasteiger partial charge in [0, 0.05) is 11.1 Å². The summed E-state index contributed by atoms with van der Waals surface area (Å²) in [4.78, 5) is 4.11. The quantitative estimate of drug-likeness (QED) is 0.0810. The van der Waals surface area contributed by atoms with Gasteiger partial charge in [0.15, 0.2) is 0 Å². The third-order valence-electron chi connectivity index (χ3n) is 11.1. The zero-order valence-electron chi connectivity index (χ0n) is 41.0. The van der Waals surface area contributed by atoms with Crippen LogP contribution in [0, 0.1) is 42.9 Å². The van der Waals surface area contributed by atoms with Crippen molar-refractivity contribution in [2.45, 2.75) is 138 Å². The van der Waals surface area contributed by atoms with E-state index in [4.69, 9.17) is 0 Å². The molecule has 1 heterocycles. The first-order valence-corrected chi connectivity index (χ1v) is 23.9. The topological polar surface area (TPSA) is 46.7 Å². The molecule has 0 spiro atoms. The van der Waals surface area contributed by atoms with Crippen molar-refractivity contribution in [1.82, 2.24) is 4.98 Å². The van der Waals surface area contributed by atoms with Crippen molar-refractivity contribution in [3.8, 4) is 28.0 Å². The number of nitrogens with zero attached hydrogens (tertiary/aromatic N) is 2. The molecule has 3 nitrogen and oxygen atoms in total. The molecule has 0 bridgehead atoms. The van der Waals surface area contributed by atoms with Crippen LogP contribution >= 0.6 is 0 Å². The van der Waals surface area contributed by atoms with Crippen molar-refractivity contribution >= 4 is 10.1 Å². The van der Waals surface area contributed by atoms with E-state index in [0.717, 1.165) is 39.2 Å². The van der Waals surface area contributed by atoms with E-state index in [9.17, 15) is 27.1 Å². The van der Waals surface area contributed by atoms with E-state index in [2.05, 4.69) is 134 Å². The van der Waals surface area contributed by atoms with Crippen LogP contribution in [0.5, 0.6) is 5.75 Å². The summed E-state index contributed by atoms with van der Waals surface area (Å²) in [5.41, 5.74) is 10.8. The standard InChI is InChI=1S/C34H46O.C10H12.C6F5N.C6H8N.Mo/c1-31(2,3)24-16-22(17-25(20-24)32(4,5)6)28-14-13-15-29(30(28)35)23-18-26(33(7,8)9)21-27(19-23)34(10,11)12;1-10(2,3)9-7-5-4-6-8-9;7-1-2(8)4(10)6(12)5(11)3(1)9;1-5-3-4-6(2)7-5;/h13-21,35H,1-12H3;1,4-8H,2-3H3;;3-4H,1-2H3;/q;;;-1;. The molecule has 0 unspecified atom stereocenters. The Labute approximate surface area is 392 Å². The molecule has 0 amide bonds. The average molecular weight is 974 g/mol. The first-order valence-electron chi connectivity index (χ1n) is 21.8. The first-order chi connectivity index (χ1) is 29.8. The average Bonchev–Trinajstić information content (AvgIpc) is 3.61. The van der Waals surface area contributed by atoms with Crippen molar-refractivity contribution in [2.75, 3.05) is 0 Å². The zero-order valence-corrected chi connectivity index (χ0v) is 43.0. The summed E-state index contributed by atoms with van der Waals surface area (Å²) in [5, 5.41) is 11.7. The van der Waals surface area contributed by atoms with Gasteiger partial charge in [-0.3, -0.25) is 0 Å². The summed E-state index contributed by atoms with van der Waals surface area (Å²) in [7, 11) is 0. The molecular formula is C56H66F5MoN2O-. The van der Waals surface area contributed by atoms with Gasteiger partial charge in [-0.25, -0.2) is 0 Å². The smallest absolute Gasteiger partial charge is 0.0607 e. The largest absolute Gasteiger partial charge is 0.665 e. The normalized spacial score (nSPS) is 12.1. The molecule has 65 heavy (non-hydrogen) atoms. The molecule has 348 valence electrons. The fraction of sp³-hybridized carbons (Fsp3) is 0.375. The van der Waals surface area contributed by atoms with Crippen LogP contribution in [0.3, 0.4) is 0 Å². The van der Waals surface area contributed by atoms with E-state index in [1.165, 1.54) is 22.3 Å². The molecule has 5 aromatic carbocycles. The summed E-state index contributed by atoms with van der Waals surface area (Å²) in [5.74, 6) is -9.55. The van der Waals surface area contributed by atoms with E-state index in [0.29, 0.717) is 5.75 Å². The maximum atomic E-state index is 13.5. The molecule has 0 radical (unpaired) electrons. The Balaban J connectivity index is 0.000000262. The number of hydrogen-bond acceptors (Lipinski definition) is 2. The van der Waals surface area contributed by atoms with Crippen LogP contribution in [0.2, 0.25) is 0 Å². The third-order valence-corrected chi connectivity index (χ3v) is 13.5. The monoisotopic (exact) mass is 975 g/mol. The Hall–Kier alpha value is -4.81. The molecule has 0 aliphatic rings. The van der Waals surface area contributed by atoms with Crippen molar-refractivity contribution in [1.29, 1.82) is 0 Å². The van der Waals surface area contributed by atoms with E-state index in [1.54, 1.807) is 4.40 Å². The Morgan fingerprint density at radius 1 is 0.462 bits per heavy atom. The number of para-hydroxylation sites is 1. The summed E-state index contributed by atoms with van der Waals surface area (Å²) >= 11 is -1.47. The number of phenolic OH excluding ortho intramolecular Hbond substituents is 1. The molecule has 0 saturated carbocycles. The van der Waals surface area contributed by atoms with Crippen molar-refractivity contribution in [3.63, 3.8) is 0 Å². The molecule has 1 aromatic heterocycles. The van der Waals surface area contributed by atoms with Gasteiger partial charge in [-0.05, 0) is 55.0 Å². The fourth-order valence-electron chi connectivity index (χ4n) is 6.72. The molecule has 6 aromatic rings. The Morgan fingerprint density at radius 3 is 1.14 bits per heavy atom. The second-order valence-corrected chi connectivity index (χ2v) is 22.9. The van der Waals surface area contributed by atoms with Gasteiger partial charge in [0.25, 0.3) is 0 Å². The third kappa shape index (κ3) is 13.6. The zero-order chi connectivity index (χ0) is 49.0. The van der Waals surface area contributed by atoms with Crippen LogP contribution in [-0.4, -0.2) is 9.51 Å². The molecule has 0 atom stereocenters. The minimum Gasteiger partial charge on any atom is -0.665 e. The van der Waals surface area contributed by atoms with Crippen LogP contribution in [-0.2, 0) is 45.0 Å². The number of benzene rings is 5. The minimum atomic E-state index is -2.17. The van der Waals surface area contributed by atoms with Gasteiger partial charge in [-0.1, -0.05) is 164 Å². The molecular weight excluding hydrogens is 908 g/mol. The molecule has 9 heteroatoms. The first kappa shape index (κ1) is 52.8. The van der Waals surface area contributed by atoms with Gasteiger partial charge in [-0.2, -0.15) is 11.4 Å². The number of aromatic hydroxyl groups is 1. The van der Waals surface area contributed by atoms with Gasteiger partial charge < -0.3 is 10.1 Å². The van der Waals surface area contributed by atoms with Crippen LogP contribution in [0.15, 0.2) is 101 Å². The summed E-state index contributed by atoms with van der Waals surface area (Å²) < 4.78 is 71.7. The molecule has 6 rings (SSSR count). The van der Waals surface area contributed by atoms with Crippen molar-refractivity contribution in [2.24, 2.45) is 3.50 Å². The van der Waals surface area contributed by atoms with Crippen LogP contribution in [0.4, 0.5) is 27.6 Å². The molecule has 0 saturated heterocycles. The van der Waals surface area contributed by atoms with Crippen molar-refractivity contribution in [3.05, 3.63) is 165 Å². The molecule has 0 fully saturated rings. The van der Waals surface area contributed by atoms with Crippen molar-refractivity contribution < 1.29 is 45.0 Å². The molecule has 0 aliphatic carbocycles. The van der Waals surface area contributed by atoms with Gasteiger partial charge in [-0.15, -0.1) is 0 Å². The predicted molar refractivity (Wildman–Crippen MR) is 257 cm³/mol. The minimum absolute atomic E-state index is 0.0197. The maximum Gasteiger partial charge on any atom is -0.0607 e. The summed E-state index contributed by atoms with van der Waals surface area (Å²) in [6, 6.07) is 33.2. The Kier molecular flexibility index (Phi) is 16.5. The van der Waals surface area contributed by atoms with E-state index in [-0.39, 0.29) is 21.7 Å².